The Morgan fingerprint density at radius 1 is 0.294 bits per heavy atom. The molecule has 0 saturated carbocycles. The first-order valence-electron chi connectivity index (χ1n) is 21.8. The molecule has 2 unspecified atom stereocenters. The van der Waals surface area contributed by atoms with Gasteiger partial charge in [-0.1, -0.05) is 60.7 Å². The van der Waals surface area contributed by atoms with E-state index in [4.69, 9.17) is 14.2 Å². The van der Waals surface area contributed by atoms with Crippen LogP contribution >= 0.6 is 0 Å². The Labute approximate surface area is 389 Å². The van der Waals surface area contributed by atoms with E-state index in [-0.39, 0.29) is 51.7 Å². The van der Waals surface area contributed by atoms with Crippen LogP contribution in [-0.2, 0) is 0 Å². The maximum absolute atomic E-state index is 11.8. The molecule has 68 heavy (non-hydrogen) atoms. The molecule has 12 nitrogen and oxygen atoms in total. The number of phenolic OH excluding ortho intramolecular Hbond substituents is 9. The van der Waals surface area contributed by atoms with Gasteiger partial charge in [-0.15, -0.1) is 0 Å². The van der Waals surface area contributed by atoms with Crippen molar-refractivity contribution < 1.29 is 60.2 Å². The average molecular weight is 907 g/mol. The highest BCUT2D eigenvalue weighted by Gasteiger charge is 2.49. The van der Waals surface area contributed by atoms with Crippen LogP contribution in [0.25, 0.3) is 12.2 Å². The van der Waals surface area contributed by atoms with Gasteiger partial charge in [0.1, 0.15) is 87.3 Å². The third-order valence-electron chi connectivity index (χ3n) is 13.0. The summed E-state index contributed by atoms with van der Waals surface area (Å²) >= 11 is 0. The lowest BCUT2D eigenvalue weighted by Gasteiger charge is -2.28. The van der Waals surface area contributed by atoms with Crippen LogP contribution in [0.4, 0.5) is 0 Å². The number of phenols is 9. The number of aromatic hydroxyl groups is 9. The molecule has 8 aromatic rings. The van der Waals surface area contributed by atoms with Gasteiger partial charge in [0, 0.05) is 41.0 Å². The van der Waals surface area contributed by atoms with Crippen LogP contribution in [0.15, 0.2) is 152 Å². The highest BCUT2D eigenvalue weighted by molar-refractivity contribution is 5.76. The van der Waals surface area contributed by atoms with E-state index in [2.05, 4.69) is 0 Å². The maximum Gasteiger partial charge on any atom is 0.135 e. The molecule has 0 aliphatic carbocycles. The van der Waals surface area contributed by atoms with E-state index in [0.29, 0.717) is 72.9 Å². The van der Waals surface area contributed by atoms with Crippen LogP contribution in [0.2, 0.25) is 0 Å². The zero-order chi connectivity index (χ0) is 47.0. The summed E-state index contributed by atoms with van der Waals surface area (Å²) in [5.41, 5.74) is 6.86. The second-order valence-electron chi connectivity index (χ2n) is 17.4. The molecule has 12 heteroatoms. The summed E-state index contributed by atoms with van der Waals surface area (Å²) in [4.78, 5) is 0. The number of ether oxygens (including phenoxy) is 3. The molecule has 0 aromatic heterocycles. The van der Waals surface area contributed by atoms with Crippen molar-refractivity contribution >= 4 is 12.2 Å². The largest absolute Gasteiger partial charge is 0.508 e. The predicted molar refractivity (Wildman–Crippen MR) is 251 cm³/mol. The molecule has 338 valence electrons. The van der Waals surface area contributed by atoms with Gasteiger partial charge in [-0.05, 0) is 123 Å². The van der Waals surface area contributed by atoms with Crippen LogP contribution in [0.1, 0.15) is 97.3 Å². The van der Waals surface area contributed by atoms with Gasteiger partial charge >= 0.3 is 0 Å². The first-order valence-corrected chi connectivity index (χ1v) is 21.8. The van der Waals surface area contributed by atoms with Crippen molar-refractivity contribution in [2.45, 2.75) is 36.1 Å². The Morgan fingerprint density at radius 3 is 1.10 bits per heavy atom. The highest BCUT2D eigenvalue weighted by Crippen LogP contribution is 2.63. The number of benzene rings is 8. The first kappa shape index (κ1) is 41.8. The van der Waals surface area contributed by atoms with Gasteiger partial charge in [-0.25, -0.2) is 0 Å². The van der Waals surface area contributed by atoms with Crippen LogP contribution in [-0.4, -0.2) is 46.0 Å². The van der Waals surface area contributed by atoms with E-state index in [1.165, 1.54) is 36.4 Å². The minimum atomic E-state index is -0.856. The Balaban J connectivity index is 1.18. The van der Waals surface area contributed by atoms with Crippen LogP contribution in [0.5, 0.6) is 69.0 Å². The Morgan fingerprint density at radius 2 is 0.647 bits per heavy atom. The van der Waals surface area contributed by atoms with E-state index in [1.54, 1.807) is 115 Å². The average Bonchev–Trinajstić information content (AvgIpc) is 4.01. The number of fused-ring (bicyclic) bond motifs is 3. The second-order valence-corrected chi connectivity index (χ2v) is 17.4. The summed E-state index contributed by atoms with van der Waals surface area (Å²) in [7, 11) is 0. The van der Waals surface area contributed by atoms with Gasteiger partial charge in [-0.3, -0.25) is 0 Å². The zero-order valence-corrected chi connectivity index (χ0v) is 35.8. The smallest absolute Gasteiger partial charge is 0.135 e. The fourth-order valence-electron chi connectivity index (χ4n) is 10.2. The van der Waals surface area contributed by atoms with Crippen molar-refractivity contribution in [1.82, 2.24) is 0 Å². The molecule has 0 fully saturated rings. The Kier molecular flexibility index (Phi) is 9.96. The Hall–Kier alpha value is -8.90. The van der Waals surface area contributed by atoms with Crippen molar-refractivity contribution in [1.29, 1.82) is 0 Å². The molecule has 0 amide bonds. The molecule has 11 rings (SSSR count). The van der Waals surface area contributed by atoms with E-state index in [9.17, 15) is 46.0 Å². The molecule has 3 heterocycles. The second kappa shape index (κ2) is 16.2. The molecular weight excluding hydrogens is 865 g/mol. The highest BCUT2D eigenvalue weighted by atomic mass is 16.5. The standard InChI is InChI=1S/C56H42O12/c57-34-11-2-28(3-12-34)1-4-32-19-40(63)25-45-48(32)52(55(66-45)30-7-15-36(59)16-8-30)44-24-42(65)27-47-51(44)53(56(68-47)31-9-17-37(60)18-10-31)43-23-41(64)26-46-50(43)49(33-20-38(61)22-39(62)21-33)54(67-46)29-5-13-35(58)14-6-29/h1-27,49,52-65H/t49-,52?,53?,54+,55+,56-/m1/s1. The molecule has 0 saturated heterocycles. The lowest BCUT2D eigenvalue weighted by molar-refractivity contribution is 0.219. The van der Waals surface area contributed by atoms with Crippen molar-refractivity contribution in [2.24, 2.45) is 0 Å². The summed E-state index contributed by atoms with van der Waals surface area (Å²) in [5, 5.41) is 97.7. The van der Waals surface area contributed by atoms with Crippen molar-refractivity contribution in [2.75, 3.05) is 0 Å². The van der Waals surface area contributed by atoms with E-state index < -0.39 is 36.1 Å². The monoisotopic (exact) mass is 906 g/mol. The molecule has 0 radical (unpaired) electrons. The molecule has 3 aliphatic heterocycles. The molecule has 9 N–H and O–H groups in total. The number of hydrogen-bond donors (Lipinski definition) is 9. The van der Waals surface area contributed by atoms with Crippen molar-refractivity contribution in [3.8, 4) is 69.0 Å². The summed E-state index contributed by atoms with van der Waals surface area (Å²) in [6.45, 7) is 0. The molecule has 0 bridgehead atoms. The fraction of sp³-hybridized carbons (Fsp3) is 0.107. The third kappa shape index (κ3) is 7.37. The minimum Gasteiger partial charge on any atom is -0.508 e. The summed E-state index contributed by atoms with van der Waals surface area (Å²) in [5.74, 6) is -1.73. The van der Waals surface area contributed by atoms with E-state index >= 15 is 0 Å². The van der Waals surface area contributed by atoms with Crippen LogP contribution in [0, 0.1) is 0 Å². The molecule has 8 aromatic carbocycles. The minimum absolute atomic E-state index is 0.0267. The van der Waals surface area contributed by atoms with Gasteiger partial charge in [0.25, 0.3) is 0 Å². The van der Waals surface area contributed by atoms with Crippen molar-refractivity contribution in [3.63, 3.8) is 0 Å². The van der Waals surface area contributed by atoms with Crippen LogP contribution in [0.3, 0.4) is 0 Å². The van der Waals surface area contributed by atoms with Gasteiger partial charge in [0.15, 0.2) is 0 Å². The Bertz CT molecular complexity index is 3250. The predicted octanol–water partition coefficient (Wildman–Crippen LogP) is 11.0. The zero-order valence-electron chi connectivity index (χ0n) is 35.8. The maximum atomic E-state index is 11.8. The number of rotatable bonds is 8. The van der Waals surface area contributed by atoms with E-state index in [1.807, 2.05) is 12.2 Å². The van der Waals surface area contributed by atoms with Gasteiger partial charge in [0.05, 0.1) is 17.8 Å². The molecule has 3 aliphatic rings. The number of hydrogen-bond acceptors (Lipinski definition) is 12. The third-order valence-corrected chi connectivity index (χ3v) is 13.0. The van der Waals surface area contributed by atoms with Gasteiger partial charge in [-0.2, -0.15) is 0 Å². The van der Waals surface area contributed by atoms with Gasteiger partial charge < -0.3 is 60.2 Å². The quantitative estimate of drug-likeness (QED) is 0.0652. The first-order chi connectivity index (χ1) is 32.8. The normalized spacial score (nSPS) is 20.0. The van der Waals surface area contributed by atoms with Gasteiger partial charge in [0.2, 0.25) is 0 Å². The van der Waals surface area contributed by atoms with Crippen molar-refractivity contribution in [3.05, 3.63) is 213 Å². The fourth-order valence-corrected chi connectivity index (χ4v) is 10.2. The van der Waals surface area contributed by atoms with Crippen LogP contribution < -0.4 is 14.2 Å². The van der Waals surface area contributed by atoms with E-state index in [0.717, 1.165) is 5.56 Å². The molecule has 6 atom stereocenters. The summed E-state index contributed by atoms with van der Waals surface area (Å²) in [6, 6.07) is 40.2. The summed E-state index contributed by atoms with van der Waals surface area (Å²) < 4.78 is 20.6. The summed E-state index contributed by atoms with van der Waals surface area (Å²) in [6.07, 6.45) is 1.25. The lowest BCUT2D eigenvalue weighted by atomic mass is 9.73. The SMILES string of the molecule is Oc1ccc(C=Cc2cc(O)cc3c2C(c2cc(O)cc4c2C(c2cc(O)cc5c2[C@@H](c2cc(O)cc(O)c2)[C@H](c2ccc(O)cc2)O5)[C@@H](c2ccc(O)cc2)O4)[C@H](c2ccc(O)cc2)O3)cc1. The molecular formula is C56H42O12. The topological polar surface area (TPSA) is 210 Å². The lowest BCUT2D eigenvalue weighted by Crippen LogP contribution is -2.18. The molecule has 0 spiro atoms.